The molecule has 0 bridgehead atoms. The van der Waals surface area contributed by atoms with Gasteiger partial charge >= 0.3 is 12.3 Å². The summed E-state index contributed by atoms with van der Waals surface area (Å²) in [6, 6.07) is 0.639. The maximum absolute atomic E-state index is 12.6. The van der Waals surface area contributed by atoms with Crippen molar-refractivity contribution in [2.75, 3.05) is 13.7 Å². The van der Waals surface area contributed by atoms with E-state index >= 15 is 0 Å². The van der Waals surface area contributed by atoms with Crippen LogP contribution < -0.4 is 9.47 Å². The van der Waals surface area contributed by atoms with Gasteiger partial charge in [-0.05, 0) is 6.92 Å². The van der Waals surface area contributed by atoms with E-state index < -0.39 is 41.6 Å². The Kier molecular flexibility index (Phi) is 5.28. The molecule has 0 atom stereocenters. The Morgan fingerprint density at radius 3 is 2.43 bits per heavy atom. The molecule has 21 heavy (non-hydrogen) atoms. The summed E-state index contributed by atoms with van der Waals surface area (Å²) < 4.78 is 74.8. The Hall–Kier alpha value is -2.13. The van der Waals surface area contributed by atoms with Crippen molar-refractivity contribution in [1.29, 1.82) is 0 Å². The van der Waals surface area contributed by atoms with Crippen LogP contribution in [0.2, 0.25) is 0 Å². The zero-order valence-electron chi connectivity index (χ0n) is 10.8. The number of alkyl halides is 5. The van der Waals surface area contributed by atoms with Crippen LogP contribution >= 0.6 is 0 Å². The van der Waals surface area contributed by atoms with Gasteiger partial charge in [-0.1, -0.05) is 0 Å². The molecule has 10 heteroatoms. The van der Waals surface area contributed by atoms with Gasteiger partial charge in [0.05, 0.1) is 13.7 Å². The summed E-state index contributed by atoms with van der Waals surface area (Å²) in [7, 11) is 0.991. The van der Waals surface area contributed by atoms with E-state index in [4.69, 9.17) is 0 Å². The average Bonchev–Trinajstić information content (AvgIpc) is 2.35. The van der Waals surface area contributed by atoms with Gasteiger partial charge in [-0.3, -0.25) is 0 Å². The lowest BCUT2D eigenvalue weighted by atomic mass is 10.2. The van der Waals surface area contributed by atoms with Crippen molar-refractivity contribution in [3.05, 3.63) is 17.3 Å². The Morgan fingerprint density at radius 2 is 2.00 bits per heavy atom. The molecule has 1 aromatic rings. The van der Waals surface area contributed by atoms with E-state index in [1.54, 1.807) is 0 Å². The molecule has 0 fully saturated rings. The minimum absolute atomic E-state index is 0.149. The number of hydrogen-bond donors (Lipinski definition) is 0. The van der Waals surface area contributed by atoms with Crippen molar-refractivity contribution in [3.8, 4) is 11.6 Å². The predicted molar refractivity (Wildman–Crippen MR) is 58.4 cm³/mol. The molecule has 0 unspecified atom stereocenters. The number of aromatic nitrogens is 1. The molecule has 0 saturated heterocycles. The van der Waals surface area contributed by atoms with E-state index in [-0.39, 0.29) is 6.61 Å². The van der Waals surface area contributed by atoms with Crippen molar-refractivity contribution in [1.82, 2.24) is 4.98 Å². The van der Waals surface area contributed by atoms with E-state index in [1.807, 2.05) is 0 Å². The molecule has 0 aromatic carbocycles. The van der Waals surface area contributed by atoms with Gasteiger partial charge in [0.1, 0.15) is 11.4 Å². The molecule has 118 valence electrons. The van der Waals surface area contributed by atoms with E-state index in [2.05, 4.69) is 19.2 Å². The van der Waals surface area contributed by atoms with Gasteiger partial charge in [0.25, 0.3) is 6.43 Å². The lowest BCUT2D eigenvalue weighted by Gasteiger charge is -2.15. The van der Waals surface area contributed by atoms with Gasteiger partial charge in [-0.25, -0.2) is 18.6 Å². The van der Waals surface area contributed by atoms with Gasteiger partial charge in [0.15, 0.2) is 5.56 Å². The third-order valence-electron chi connectivity index (χ3n) is 2.11. The highest BCUT2D eigenvalue weighted by atomic mass is 19.4. The molecular formula is C11H10F5NO4. The van der Waals surface area contributed by atoms with Crippen molar-refractivity contribution >= 4 is 5.97 Å². The second-order valence-electron chi connectivity index (χ2n) is 3.50. The molecule has 1 heterocycles. The monoisotopic (exact) mass is 315 g/mol. The summed E-state index contributed by atoms with van der Waals surface area (Å²) in [4.78, 5) is 14.6. The van der Waals surface area contributed by atoms with Crippen molar-refractivity contribution in [2.45, 2.75) is 19.7 Å². The number of carbonyl (C=O) groups excluding carboxylic acids is 1. The molecule has 0 radical (unpaired) electrons. The molecule has 1 aromatic heterocycles. The van der Waals surface area contributed by atoms with Crippen molar-refractivity contribution in [3.63, 3.8) is 0 Å². The molecular weight excluding hydrogens is 305 g/mol. The minimum Gasteiger partial charge on any atom is -0.496 e. The van der Waals surface area contributed by atoms with Gasteiger partial charge in [-0.2, -0.15) is 0 Å². The van der Waals surface area contributed by atoms with Gasteiger partial charge in [0.2, 0.25) is 5.88 Å². The zero-order chi connectivity index (χ0) is 16.2. The highest BCUT2D eigenvalue weighted by Gasteiger charge is 2.36. The summed E-state index contributed by atoms with van der Waals surface area (Å²) >= 11 is 0. The molecule has 1 rings (SSSR count). The number of pyridine rings is 1. The number of methoxy groups -OCH3 is 1. The topological polar surface area (TPSA) is 57.7 Å². The Morgan fingerprint density at radius 1 is 1.38 bits per heavy atom. The fourth-order valence-corrected chi connectivity index (χ4v) is 1.36. The van der Waals surface area contributed by atoms with Crippen LogP contribution in [0.25, 0.3) is 0 Å². The molecule has 0 aliphatic carbocycles. The Bertz CT molecular complexity index is 518. The van der Waals surface area contributed by atoms with Crippen LogP contribution in [0.4, 0.5) is 22.0 Å². The van der Waals surface area contributed by atoms with Crippen LogP contribution in [0.1, 0.15) is 29.4 Å². The highest BCUT2D eigenvalue weighted by Crippen LogP contribution is 2.34. The second-order valence-corrected chi connectivity index (χ2v) is 3.50. The van der Waals surface area contributed by atoms with Crippen LogP contribution in [0, 0.1) is 0 Å². The number of rotatable bonds is 5. The summed E-state index contributed by atoms with van der Waals surface area (Å²) in [6.07, 6.45) is -8.40. The van der Waals surface area contributed by atoms with Crippen LogP contribution in [0.3, 0.4) is 0 Å². The SMILES string of the molecule is CCOC(=O)c1c(OC)cc(C(F)F)nc1OC(F)(F)F. The average molecular weight is 315 g/mol. The molecule has 0 spiro atoms. The normalized spacial score (nSPS) is 11.4. The third-order valence-corrected chi connectivity index (χ3v) is 2.11. The lowest BCUT2D eigenvalue weighted by Crippen LogP contribution is -2.21. The summed E-state index contributed by atoms with van der Waals surface area (Å²) in [5.74, 6) is -3.14. The van der Waals surface area contributed by atoms with Crippen molar-refractivity contribution < 1.29 is 41.0 Å². The van der Waals surface area contributed by atoms with Crippen LogP contribution in [0.5, 0.6) is 11.6 Å². The first-order valence-corrected chi connectivity index (χ1v) is 5.49. The van der Waals surface area contributed by atoms with Gasteiger partial charge < -0.3 is 14.2 Å². The Balaban J connectivity index is 3.45. The molecule has 0 aliphatic heterocycles. The van der Waals surface area contributed by atoms with Gasteiger partial charge in [-0.15, -0.1) is 13.2 Å². The first-order chi connectivity index (χ1) is 9.69. The Labute approximate surface area is 115 Å². The van der Waals surface area contributed by atoms with E-state index in [0.29, 0.717) is 6.07 Å². The summed E-state index contributed by atoms with van der Waals surface area (Å²) in [6.45, 7) is 1.26. The number of halogens is 5. The first kappa shape index (κ1) is 16.9. The number of esters is 1. The first-order valence-electron chi connectivity index (χ1n) is 5.49. The predicted octanol–water partition coefficient (Wildman–Crippen LogP) is 3.10. The number of nitrogens with zero attached hydrogens (tertiary/aromatic N) is 1. The molecule has 0 saturated carbocycles. The largest absolute Gasteiger partial charge is 0.574 e. The van der Waals surface area contributed by atoms with E-state index in [0.717, 1.165) is 7.11 Å². The minimum atomic E-state index is -5.22. The van der Waals surface area contributed by atoms with Crippen molar-refractivity contribution in [2.24, 2.45) is 0 Å². The van der Waals surface area contributed by atoms with Crippen LogP contribution in [-0.2, 0) is 4.74 Å². The number of hydrogen-bond acceptors (Lipinski definition) is 5. The zero-order valence-corrected chi connectivity index (χ0v) is 10.8. The molecule has 0 N–H and O–H groups in total. The molecule has 5 nitrogen and oxygen atoms in total. The maximum atomic E-state index is 12.6. The quantitative estimate of drug-likeness (QED) is 0.617. The van der Waals surface area contributed by atoms with E-state index in [9.17, 15) is 26.7 Å². The summed E-state index contributed by atoms with van der Waals surface area (Å²) in [5.41, 5.74) is -1.85. The third kappa shape index (κ3) is 4.43. The summed E-state index contributed by atoms with van der Waals surface area (Å²) in [5, 5.41) is 0. The lowest BCUT2D eigenvalue weighted by molar-refractivity contribution is -0.276. The fourth-order valence-electron chi connectivity index (χ4n) is 1.36. The maximum Gasteiger partial charge on any atom is 0.574 e. The van der Waals surface area contributed by atoms with Gasteiger partial charge in [0, 0.05) is 6.07 Å². The number of ether oxygens (including phenoxy) is 3. The molecule has 0 amide bonds. The smallest absolute Gasteiger partial charge is 0.496 e. The van der Waals surface area contributed by atoms with Crippen LogP contribution in [0.15, 0.2) is 6.07 Å². The second kappa shape index (κ2) is 6.55. The molecule has 0 aliphatic rings. The van der Waals surface area contributed by atoms with E-state index in [1.165, 1.54) is 6.92 Å². The fraction of sp³-hybridized carbons (Fsp3) is 0.455. The highest BCUT2D eigenvalue weighted by molar-refractivity contribution is 5.95. The van der Waals surface area contributed by atoms with Crippen LogP contribution in [-0.4, -0.2) is 31.0 Å². The number of carbonyl (C=O) groups is 1. The standard InChI is InChI=1S/C11H10F5NO4/c1-3-20-10(18)7-6(19-2)4-5(8(12)13)17-9(7)21-11(14,15)16/h4,8H,3H2,1-2H3.